The quantitative estimate of drug-likeness (QED) is 0.442. The molecule has 0 bridgehead atoms. The monoisotopic (exact) mass is 370 g/mol. The Bertz CT molecular complexity index is 890. The molecular formula is C20H22N2O3S. The van der Waals surface area contributed by atoms with Crippen molar-refractivity contribution in [2.45, 2.75) is 23.9 Å². The van der Waals surface area contributed by atoms with Gasteiger partial charge in [-0.15, -0.1) is 0 Å². The standard InChI is InChI=1S/C20H22N2O3S/c1-14(19(23)15-8-10-16(25-3)11-9-15)26-20-21-17-6-4-5-7-18(17)22(20)12-13-24-2/h4-11,14H,12-13H2,1-3H3. The molecular weight excluding hydrogens is 348 g/mol. The van der Waals surface area contributed by atoms with Gasteiger partial charge in [-0.2, -0.15) is 0 Å². The first-order chi connectivity index (χ1) is 12.6. The van der Waals surface area contributed by atoms with Crippen molar-refractivity contribution in [3.05, 3.63) is 54.1 Å². The maximum absolute atomic E-state index is 12.8. The number of imidazole rings is 1. The van der Waals surface area contributed by atoms with E-state index in [4.69, 9.17) is 14.5 Å². The Balaban J connectivity index is 1.83. The van der Waals surface area contributed by atoms with E-state index in [2.05, 4.69) is 4.57 Å². The first-order valence-corrected chi connectivity index (χ1v) is 9.31. The van der Waals surface area contributed by atoms with E-state index in [1.165, 1.54) is 11.8 Å². The molecule has 1 aromatic heterocycles. The number of ether oxygens (including phenoxy) is 2. The summed E-state index contributed by atoms with van der Waals surface area (Å²) in [5.74, 6) is 0.811. The molecule has 0 spiro atoms. The van der Waals surface area contributed by atoms with Crippen molar-refractivity contribution in [2.24, 2.45) is 0 Å². The second-order valence-corrected chi connectivity index (χ2v) is 7.19. The molecule has 0 amide bonds. The van der Waals surface area contributed by atoms with Gasteiger partial charge >= 0.3 is 0 Å². The Kier molecular flexibility index (Phi) is 5.96. The Morgan fingerprint density at radius 3 is 2.58 bits per heavy atom. The van der Waals surface area contributed by atoms with E-state index in [9.17, 15) is 4.79 Å². The summed E-state index contributed by atoms with van der Waals surface area (Å²) in [5, 5.41) is 0.583. The lowest BCUT2D eigenvalue weighted by Gasteiger charge is -2.12. The molecule has 6 heteroatoms. The van der Waals surface area contributed by atoms with Crippen LogP contribution in [0.5, 0.6) is 5.75 Å². The van der Waals surface area contributed by atoms with Crippen molar-refractivity contribution in [3.63, 3.8) is 0 Å². The normalized spacial score (nSPS) is 12.3. The fourth-order valence-corrected chi connectivity index (χ4v) is 3.77. The number of carbonyl (C=O) groups is 1. The van der Waals surface area contributed by atoms with Crippen molar-refractivity contribution in [1.82, 2.24) is 9.55 Å². The Morgan fingerprint density at radius 2 is 1.88 bits per heavy atom. The van der Waals surface area contributed by atoms with Gasteiger partial charge in [-0.25, -0.2) is 4.98 Å². The maximum atomic E-state index is 12.8. The highest BCUT2D eigenvalue weighted by atomic mass is 32.2. The number of methoxy groups -OCH3 is 2. The van der Waals surface area contributed by atoms with Crippen LogP contribution in [-0.2, 0) is 11.3 Å². The van der Waals surface area contributed by atoms with Gasteiger partial charge in [-0.05, 0) is 43.3 Å². The molecule has 1 unspecified atom stereocenters. The molecule has 0 fully saturated rings. The number of carbonyl (C=O) groups excluding carboxylic acids is 1. The number of nitrogens with zero attached hydrogens (tertiary/aromatic N) is 2. The van der Waals surface area contributed by atoms with Gasteiger partial charge < -0.3 is 14.0 Å². The molecule has 5 nitrogen and oxygen atoms in total. The first kappa shape index (κ1) is 18.5. The topological polar surface area (TPSA) is 53.4 Å². The van der Waals surface area contributed by atoms with Crippen molar-refractivity contribution < 1.29 is 14.3 Å². The third-order valence-corrected chi connectivity index (χ3v) is 5.25. The Morgan fingerprint density at radius 1 is 1.15 bits per heavy atom. The first-order valence-electron chi connectivity index (χ1n) is 8.43. The zero-order valence-electron chi connectivity index (χ0n) is 15.1. The van der Waals surface area contributed by atoms with Crippen LogP contribution in [0.15, 0.2) is 53.7 Å². The minimum atomic E-state index is -0.249. The maximum Gasteiger partial charge on any atom is 0.175 e. The largest absolute Gasteiger partial charge is 0.497 e. The van der Waals surface area contributed by atoms with Gasteiger partial charge in [0.2, 0.25) is 0 Å². The van der Waals surface area contributed by atoms with Gasteiger partial charge in [0, 0.05) is 19.2 Å². The predicted octanol–water partition coefficient (Wildman–Crippen LogP) is 4.05. The molecule has 26 heavy (non-hydrogen) atoms. The fourth-order valence-electron chi connectivity index (χ4n) is 2.74. The summed E-state index contributed by atoms with van der Waals surface area (Å²) in [6, 6.07) is 15.2. The molecule has 0 saturated heterocycles. The van der Waals surface area contributed by atoms with Crippen LogP contribution in [0, 0.1) is 0 Å². The van der Waals surface area contributed by atoms with Crippen LogP contribution >= 0.6 is 11.8 Å². The average molecular weight is 370 g/mol. The Hall–Kier alpha value is -2.31. The van der Waals surface area contributed by atoms with E-state index in [0.717, 1.165) is 21.9 Å². The molecule has 1 heterocycles. The van der Waals surface area contributed by atoms with E-state index in [1.54, 1.807) is 38.5 Å². The number of thioether (sulfide) groups is 1. The van der Waals surface area contributed by atoms with E-state index in [1.807, 2.05) is 31.2 Å². The molecule has 0 aliphatic heterocycles. The molecule has 0 aliphatic carbocycles. The molecule has 1 atom stereocenters. The summed E-state index contributed by atoms with van der Waals surface area (Å²) < 4.78 is 12.5. The number of rotatable bonds is 8. The van der Waals surface area contributed by atoms with Crippen LogP contribution in [0.2, 0.25) is 0 Å². The van der Waals surface area contributed by atoms with E-state index < -0.39 is 0 Å². The number of para-hydroxylation sites is 2. The van der Waals surface area contributed by atoms with Gasteiger partial charge in [-0.1, -0.05) is 23.9 Å². The molecule has 3 aromatic rings. The van der Waals surface area contributed by atoms with Crippen LogP contribution in [0.4, 0.5) is 0 Å². The highest BCUT2D eigenvalue weighted by molar-refractivity contribution is 8.00. The van der Waals surface area contributed by atoms with Crippen molar-refractivity contribution in [3.8, 4) is 5.75 Å². The zero-order valence-corrected chi connectivity index (χ0v) is 16.0. The lowest BCUT2D eigenvalue weighted by Crippen LogP contribution is -2.15. The number of hydrogen-bond acceptors (Lipinski definition) is 5. The van der Waals surface area contributed by atoms with Gasteiger partial charge in [0.05, 0.1) is 30.0 Å². The van der Waals surface area contributed by atoms with Crippen LogP contribution in [0.1, 0.15) is 17.3 Å². The second kappa shape index (κ2) is 8.38. The molecule has 0 radical (unpaired) electrons. The van der Waals surface area contributed by atoms with Crippen molar-refractivity contribution in [2.75, 3.05) is 20.8 Å². The fraction of sp³-hybridized carbons (Fsp3) is 0.300. The van der Waals surface area contributed by atoms with Gasteiger partial charge in [0.15, 0.2) is 10.9 Å². The van der Waals surface area contributed by atoms with E-state index in [-0.39, 0.29) is 11.0 Å². The van der Waals surface area contributed by atoms with Crippen LogP contribution in [0.3, 0.4) is 0 Å². The number of ketones is 1. The van der Waals surface area contributed by atoms with Crippen molar-refractivity contribution in [1.29, 1.82) is 0 Å². The van der Waals surface area contributed by atoms with Gasteiger partial charge in [0.1, 0.15) is 5.75 Å². The Labute approximate surface area is 157 Å². The zero-order chi connectivity index (χ0) is 18.5. The number of Topliss-reactive ketones (excluding diaryl/α,β-unsaturated/α-hetero) is 1. The lowest BCUT2D eigenvalue weighted by molar-refractivity contribution is 0.0994. The molecule has 136 valence electrons. The summed E-state index contributed by atoms with van der Waals surface area (Å²) in [4.78, 5) is 17.5. The number of hydrogen-bond donors (Lipinski definition) is 0. The number of aromatic nitrogens is 2. The van der Waals surface area contributed by atoms with Gasteiger partial charge in [-0.3, -0.25) is 4.79 Å². The minimum absolute atomic E-state index is 0.0722. The summed E-state index contributed by atoms with van der Waals surface area (Å²) in [7, 11) is 3.29. The minimum Gasteiger partial charge on any atom is -0.497 e. The number of fused-ring (bicyclic) bond motifs is 1. The van der Waals surface area contributed by atoms with E-state index in [0.29, 0.717) is 18.7 Å². The van der Waals surface area contributed by atoms with Gasteiger partial charge in [0.25, 0.3) is 0 Å². The molecule has 2 aromatic carbocycles. The average Bonchev–Trinajstić information content (AvgIpc) is 3.02. The molecule has 0 saturated carbocycles. The molecule has 0 aliphatic rings. The third kappa shape index (κ3) is 3.92. The molecule has 3 rings (SSSR count). The summed E-state index contributed by atoms with van der Waals surface area (Å²) in [6.07, 6.45) is 0. The lowest BCUT2D eigenvalue weighted by atomic mass is 10.1. The van der Waals surface area contributed by atoms with Crippen molar-refractivity contribution >= 4 is 28.6 Å². The highest BCUT2D eigenvalue weighted by Gasteiger charge is 2.20. The second-order valence-electron chi connectivity index (χ2n) is 5.88. The predicted molar refractivity (Wildman–Crippen MR) is 104 cm³/mol. The summed E-state index contributed by atoms with van der Waals surface area (Å²) in [6.45, 7) is 3.20. The smallest absolute Gasteiger partial charge is 0.175 e. The molecule has 0 N–H and O–H groups in total. The third-order valence-electron chi connectivity index (χ3n) is 4.16. The van der Waals surface area contributed by atoms with Crippen LogP contribution in [0.25, 0.3) is 11.0 Å². The SMILES string of the molecule is COCCn1c(SC(C)C(=O)c2ccc(OC)cc2)nc2ccccc21. The van der Waals surface area contributed by atoms with E-state index >= 15 is 0 Å². The van der Waals surface area contributed by atoms with Crippen LogP contribution in [-0.4, -0.2) is 41.4 Å². The highest BCUT2D eigenvalue weighted by Crippen LogP contribution is 2.29. The summed E-state index contributed by atoms with van der Waals surface area (Å²) in [5.41, 5.74) is 2.65. The van der Waals surface area contributed by atoms with Crippen LogP contribution < -0.4 is 4.74 Å². The summed E-state index contributed by atoms with van der Waals surface area (Å²) >= 11 is 1.47. The number of benzene rings is 2.